The maximum atomic E-state index is 2.43. The first-order valence-corrected chi connectivity index (χ1v) is 3.33. The summed E-state index contributed by atoms with van der Waals surface area (Å²) in [6.07, 6.45) is 10.0. The van der Waals surface area contributed by atoms with Gasteiger partial charge in [0.25, 0.3) is 0 Å². The molecule has 0 nitrogen and oxygen atoms in total. The first-order chi connectivity index (χ1) is 3.91. The van der Waals surface area contributed by atoms with E-state index >= 15 is 0 Å². The molecule has 0 aromatic carbocycles. The molecule has 4 rings (SSSR count). The summed E-state index contributed by atoms with van der Waals surface area (Å²) >= 11 is 0. The van der Waals surface area contributed by atoms with E-state index in [0.29, 0.717) is 5.41 Å². The van der Waals surface area contributed by atoms with Crippen LogP contribution >= 0.6 is 0 Å². The molecule has 1 spiro atoms. The highest BCUT2D eigenvalue weighted by atomic mass is 14.6. The molecular formula is C8H8. The van der Waals surface area contributed by atoms with Gasteiger partial charge >= 0.3 is 0 Å². The molecule has 0 heterocycles. The SMILES string of the molecule is C1=CC23C=C1C2CC3. The van der Waals surface area contributed by atoms with Gasteiger partial charge in [0.15, 0.2) is 0 Å². The minimum atomic E-state index is 0.634. The molecule has 4 aliphatic carbocycles. The Kier molecular flexibility index (Phi) is 0.313. The van der Waals surface area contributed by atoms with Crippen LogP contribution in [0.1, 0.15) is 12.8 Å². The van der Waals surface area contributed by atoms with E-state index in [1.165, 1.54) is 12.8 Å². The molecule has 0 N–H and O–H groups in total. The van der Waals surface area contributed by atoms with Crippen molar-refractivity contribution in [1.29, 1.82) is 0 Å². The number of hydrogen-bond acceptors (Lipinski definition) is 0. The van der Waals surface area contributed by atoms with Crippen molar-refractivity contribution in [3.05, 3.63) is 23.8 Å². The van der Waals surface area contributed by atoms with E-state index in [-0.39, 0.29) is 0 Å². The zero-order valence-corrected chi connectivity index (χ0v) is 4.72. The van der Waals surface area contributed by atoms with Crippen LogP contribution in [0.2, 0.25) is 0 Å². The molecule has 0 saturated heterocycles. The van der Waals surface area contributed by atoms with E-state index < -0.39 is 0 Å². The van der Waals surface area contributed by atoms with E-state index in [9.17, 15) is 0 Å². The largest absolute Gasteiger partial charge is 0.0736 e. The third-order valence-electron chi connectivity index (χ3n) is 2.94. The van der Waals surface area contributed by atoms with Crippen molar-refractivity contribution in [2.75, 3.05) is 0 Å². The lowest BCUT2D eigenvalue weighted by molar-refractivity contribution is 0.155. The lowest BCUT2D eigenvalue weighted by atomic mass is 9.54. The predicted octanol–water partition coefficient (Wildman–Crippen LogP) is 1.89. The van der Waals surface area contributed by atoms with Gasteiger partial charge in [-0.2, -0.15) is 0 Å². The summed E-state index contributed by atoms with van der Waals surface area (Å²) in [6.45, 7) is 0. The minimum Gasteiger partial charge on any atom is -0.0736 e. The Labute approximate surface area is 48.9 Å². The fourth-order valence-electron chi connectivity index (χ4n) is 2.25. The second-order valence-electron chi connectivity index (χ2n) is 3.18. The molecule has 0 aromatic heterocycles. The smallest absolute Gasteiger partial charge is 0.0139 e. The monoisotopic (exact) mass is 104 g/mol. The summed E-state index contributed by atoms with van der Waals surface area (Å²) < 4.78 is 0. The van der Waals surface area contributed by atoms with Crippen LogP contribution in [0.15, 0.2) is 23.8 Å². The summed E-state index contributed by atoms with van der Waals surface area (Å²) in [6, 6.07) is 0. The summed E-state index contributed by atoms with van der Waals surface area (Å²) in [7, 11) is 0. The fourth-order valence-corrected chi connectivity index (χ4v) is 2.25. The third-order valence-corrected chi connectivity index (χ3v) is 2.94. The van der Waals surface area contributed by atoms with Gasteiger partial charge in [-0.25, -0.2) is 0 Å². The molecule has 0 aromatic rings. The zero-order valence-electron chi connectivity index (χ0n) is 4.72. The van der Waals surface area contributed by atoms with Crippen LogP contribution in [0.3, 0.4) is 0 Å². The van der Waals surface area contributed by atoms with Crippen molar-refractivity contribution < 1.29 is 0 Å². The summed E-state index contributed by atoms with van der Waals surface area (Å²) in [5.41, 5.74) is 2.26. The highest BCUT2D eigenvalue weighted by Gasteiger charge is 2.54. The maximum absolute atomic E-state index is 2.43. The second kappa shape index (κ2) is 0.717. The van der Waals surface area contributed by atoms with E-state index in [4.69, 9.17) is 0 Å². The molecule has 0 radical (unpaired) electrons. The fraction of sp³-hybridized carbons (Fsp3) is 0.500. The van der Waals surface area contributed by atoms with Gasteiger partial charge in [0.05, 0.1) is 0 Å². The van der Waals surface area contributed by atoms with Crippen molar-refractivity contribution in [2.24, 2.45) is 11.3 Å². The van der Waals surface area contributed by atoms with Gasteiger partial charge in [-0.15, -0.1) is 0 Å². The summed E-state index contributed by atoms with van der Waals surface area (Å²) in [5.74, 6) is 0.988. The van der Waals surface area contributed by atoms with Gasteiger partial charge in [-0.05, 0) is 24.3 Å². The highest BCUT2D eigenvalue weighted by molar-refractivity contribution is 5.52. The molecule has 0 amide bonds. The van der Waals surface area contributed by atoms with Crippen molar-refractivity contribution >= 4 is 0 Å². The Morgan fingerprint density at radius 1 is 1.62 bits per heavy atom. The molecule has 4 aliphatic rings. The van der Waals surface area contributed by atoms with Crippen LogP contribution in [0.5, 0.6) is 0 Å². The normalized spacial score (nSPS) is 54.0. The maximum Gasteiger partial charge on any atom is 0.0139 e. The molecule has 0 aliphatic heterocycles. The lowest BCUT2D eigenvalue weighted by Crippen LogP contribution is -2.41. The Hall–Kier alpha value is -0.520. The first-order valence-electron chi connectivity index (χ1n) is 3.33. The molecule has 2 bridgehead atoms. The molecule has 40 valence electrons. The van der Waals surface area contributed by atoms with Crippen molar-refractivity contribution in [3.8, 4) is 0 Å². The van der Waals surface area contributed by atoms with E-state index in [0.717, 1.165) is 5.92 Å². The van der Waals surface area contributed by atoms with Gasteiger partial charge in [-0.3, -0.25) is 0 Å². The van der Waals surface area contributed by atoms with Crippen molar-refractivity contribution in [1.82, 2.24) is 0 Å². The van der Waals surface area contributed by atoms with Crippen molar-refractivity contribution in [2.45, 2.75) is 12.8 Å². The minimum absolute atomic E-state index is 0.634. The quantitative estimate of drug-likeness (QED) is 0.440. The molecular weight excluding hydrogens is 96.1 g/mol. The van der Waals surface area contributed by atoms with Crippen LogP contribution in [-0.2, 0) is 0 Å². The first kappa shape index (κ1) is 3.49. The van der Waals surface area contributed by atoms with E-state index in [1.807, 2.05) is 0 Å². The molecule has 1 saturated carbocycles. The van der Waals surface area contributed by atoms with Crippen LogP contribution in [0, 0.1) is 11.3 Å². The standard InChI is InChI=1S/C8H8/c1-3-8-4-2-7(8)6(1)5-8/h1,3,5,7H,2,4H2. The molecule has 8 heavy (non-hydrogen) atoms. The van der Waals surface area contributed by atoms with E-state index in [2.05, 4.69) is 18.2 Å². The Balaban J connectivity index is 2.28. The van der Waals surface area contributed by atoms with Crippen LogP contribution in [0.25, 0.3) is 0 Å². The number of allylic oxidation sites excluding steroid dienone is 4. The Morgan fingerprint density at radius 2 is 2.62 bits per heavy atom. The average molecular weight is 104 g/mol. The molecule has 0 heteroatoms. The average Bonchev–Trinajstić information content (AvgIpc) is 2.19. The van der Waals surface area contributed by atoms with Gasteiger partial charge < -0.3 is 0 Å². The highest BCUT2D eigenvalue weighted by Crippen LogP contribution is 2.64. The zero-order chi connectivity index (χ0) is 5.19. The molecule has 2 atom stereocenters. The van der Waals surface area contributed by atoms with Gasteiger partial charge in [-0.1, -0.05) is 18.2 Å². The van der Waals surface area contributed by atoms with Gasteiger partial charge in [0.1, 0.15) is 0 Å². The third kappa shape index (κ3) is 0.157. The Bertz CT molecular complexity index is 210. The molecule has 2 unspecified atom stereocenters. The van der Waals surface area contributed by atoms with Crippen molar-refractivity contribution in [3.63, 3.8) is 0 Å². The van der Waals surface area contributed by atoms with Gasteiger partial charge in [0.2, 0.25) is 0 Å². The van der Waals surface area contributed by atoms with Crippen LogP contribution < -0.4 is 0 Å². The Morgan fingerprint density at radius 3 is 2.88 bits per heavy atom. The topological polar surface area (TPSA) is 0 Å². The summed E-state index contributed by atoms with van der Waals surface area (Å²) in [5, 5.41) is 0. The second-order valence-corrected chi connectivity index (χ2v) is 3.18. The predicted molar refractivity (Wildman–Crippen MR) is 32.4 cm³/mol. The lowest BCUT2D eigenvalue weighted by Gasteiger charge is -2.50. The van der Waals surface area contributed by atoms with Crippen LogP contribution in [-0.4, -0.2) is 0 Å². The molecule has 1 fully saturated rings. The number of rotatable bonds is 0. The van der Waals surface area contributed by atoms with Gasteiger partial charge in [0, 0.05) is 5.41 Å². The summed E-state index contributed by atoms with van der Waals surface area (Å²) in [4.78, 5) is 0. The van der Waals surface area contributed by atoms with Crippen LogP contribution in [0.4, 0.5) is 0 Å². The van der Waals surface area contributed by atoms with E-state index in [1.54, 1.807) is 5.57 Å². The number of hydrogen-bond donors (Lipinski definition) is 0.